The Balaban J connectivity index is 0.000000416. The molecular formula is C76H122N8O15. The summed E-state index contributed by atoms with van der Waals surface area (Å²) < 4.78 is 22.0. The fourth-order valence-corrected chi connectivity index (χ4v) is 14.7. The van der Waals surface area contributed by atoms with Crippen molar-refractivity contribution in [2.24, 2.45) is 47.3 Å². The Bertz CT molecular complexity index is 2690. The van der Waals surface area contributed by atoms with Crippen LogP contribution in [0.2, 0.25) is 0 Å². The third-order valence-electron chi connectivity index (χ3n) is 19.9. The molecule has 4 saturated carbocycles. The Hall–Kier alpha value is -7.30. The Morgan fingerprint density at radius 3 is 0.859 bits per heavy atom. The first-order valence-electron chi connectivity index (χ1n) is 36.7. The molecule has 0 aliphatic heterocycles. The van der Waals surface area contributed by atoms with Crippen LogP contribution < -0.4 is 42.5 Å². The monoisotopic (exact) mass is 1390 g/mol. The quantitative estimate of drug-likeness (QED) is 0.0290. The SMILES string of the molecule is CC[C@@H](C(=O)N[C@H](C)C(=O)N[C@H]1CCCC[C@@H]1[C@@H](CC)C(=O)OCc1ccccc1)[C@H]1CCCC[C@@H]1NC(=O)[C@@H](C)NC(=O)OC(C)(C)C.CC[C@@H](C(=O)N[C@H](C)C(=O)N[C@H]1CCCC[C@@H]1[C@@H](CC)C(=O)OCc1ccccc1)[C@H]1CCCC[C@@H]1NC(=O)[C@@H](C)NC(=O)OC(C)(C)C.O. The third kappa shape index (κ3) is 27.6. The van der Waals surface area contributed by atoms with Crippen molar-refractivity contribution in [3.63, 3.8) is 0 Å². The second kappa shape index (κ2) is 41.4. The maximum Gasteiger partial charge on any atom is 0.408 e. The molecular weight excluding hydrogens is 1260 g/mol. The number of ether oxygens (including phenoxy) is 4. The Morgan fingerprint density at radius 1 is 0.364 bits per heavy atom. The molecule has 0 heterocycles. The molecule has 0 bridgehead atoms. The van der Waals surface area contributed by atoms with Gasteiger partial charge in [-0.05, 0) is 181 Å². The van der Waals surface area contributed by atoms with Crippen LogP contribution in [0, 0.1) is 47.3 Å². The van der Waals surface area contributed by atoms with E-state index in [-0.39, 0.29) is 126 Å². The van der Waals surface area contributed by atoms with Crippen LogP contribution in [0.15, 0.2) is 60.7 Å². The van der Waals surface area contributed by atoms with Crippen LogP contribution >= 0.6 is 0 Å². The number of benzene rings is 2. The van der Waals surface area contributed by atoms with Gasteiger partial charge in [0.2, 0.25) is 35.4 Å². The molecule has 6 rings (SSSR count). The lowest BCUT2D eigenvalue weighted by atomic mass is 9.74. The fraction of sp³-hybridized carbons (Fsp3) is 0.711. The van der Waals surface area contributed by atoms with Crippen molar-refractivity contribution in [3.8, 4) is 0 Å². The van der Waals surface area contributed by atoms with Crippen LogP contribution in [0.1, 0.15) is 236 Å². The summed E-state index contributed by atoms with van der Waals surface area (Å²) in [5.74, 6) is -3.90. The molecule has 4 aliphatic carbocycles. The molecule has 4 fully saturated rings. The fourth-order valence-electron chi connectivity index (χ4n) is 14.7. The van der Waals surface area contributed by atoms with Crippen molar-refractivity contribution in [2.75, 3.05) is 0 Å². The van der Waals surface area contributed by atoms with Crippen molar-refractivity contribution < 1.29 is 72.4 Å². The van der Waals surface area contributed by atoms with E-state index in [9.17, 15) is 47.9 Å². The minimum Gasteiger partial charge on any atom is -0.461 e. The Morgan fingerprint density at radius 2 is 0.606 bits per heavy atom. The predicted octanol–water partition coefficient (Wildman–Crippen LogP) is 10.3. The van der Waals surface area contributed by atoms with Gasteiger partial charge >= 0.3 is 24.1 Å². The topological polar surface area (TPSA) is 335 Å². The molecule has 2 aromatic carbocycles. The summed E-state index contributed by atoms with van der Waals surface area (Å²) in [6.07, 6.45) is 14.8. The summed E-state index contributed by atoms with van der Waals surface area (Å²) in [5.41, 5.74) is 0.496. The van der Waals surface area contributed by atoms with Gasteiger partial charge in [-0.15, -0.1) is 0 Å². The average molecular weight is 1390 g/mol. The zero-order valence-electron chi connectivity index (χ0n) is 61.8. The zero-order chi connectivity index (χ0) is 72.3. The highest BCUT2D eigenvalue weighted by Crippen LogP contribution is 2.37. The second-order valence-corrected chi connectivity index (χ2v) is 29.7. The predicted molar refractivity (Wildman–Crippen MR) is 380 cm³/mol. The number of carbonyl (C=O) groups excluding carboxylic acids is 10. The van der Waals surface area contributed by atoms with Gasteiger partial charge in [-0.3, -0.25) is 38.4 Å². The molecule has 0 radical (unpaired) electrons. The summed E-state index contributed by atoms with van der Waals surface area (Å²) in [6.45, 7) is 25.4. The first-order valence-corrected chi connectivity index (χ1v) is 36.7. The Kier molecular flexibility index (Phi) is 35.2. The summed E-state index contributed by atoms with van der Waals surface area (Å²) in [7, 11) is 0. The van der Waals surface area contributed by atoms with Gasteiger partial charge in [-0.2, -0.15) is 0 Å². The van der Waals surface area contributed by atoms with E-state index in [1.807, 2.05) is 88.4 Å². The van der Waals surface area contributed by atoms with Gasteiger partial charge < -0.3 is 67.0 Å². The van der Waals surface area contributed by atoms with Gasteiger partial charge in [0.15, 0.2) is 0 Å². The highest BCUT2D eigenvalue weighted by Gasteiger charge is 2.43. The zero-order valence-corrected chi connectivity index (χ0v) is 61.8. The lowest BCUT2D eigenvalue weighted by molar-refractivity contribution is -0.154. The van der Waals surface area contributed by atoms with Gasteiger partial charge in [0.25, 0.3) is 0 Å². The number of amides is 8. The molecule has 23 heteroatoms. The maximum absolute atomic E-state index is 13.7. The largest absolute Gasteiger partial charge is 0.461 e. The van der Waals surface area contributed by atoms with Crippen molar-refractivity contribution in [1.82, 2.24) is 42.5 Å². The molecule has 99 heavy (non-hydrogen) atoms. The van der Waals surface area contributed by atoms with E-state index in [1.165, 1.54) is 0 Å². The Labute approximate surface area is 589 Å². The number of carbonyl (C=O) groups is 10. The van der Waals surface area contributed by atoms with Crippen LogP contribution in [-0.2, 0) is 70.5 Å². The number of alkyl carbamates (subject to hydrolysis) is 2. The van der Waals surface area contributed by atoms with E-state index in [1.54, 1.807) is 69.2 Å². The number of hydrogen-bond acceptors (Lipinski definition) is 14. The average Bonchev–Trinajstić information content (AvgIpc) is 0.842. The standard InChI is InChI=1S/2C38H60N4O7.H2O/c2*1-8-27(29-19-13-15-21-31(29)41-34(44)25(4)40-37(47)49-38(5,6)7)35(45)39-24(3)33(43)42-32-22-16-14-20-30(32)28(9-2)36(46)48-23-26-17-11-10-12-18-26;/h2*10-12,17-18,24-25,27-32H,8-9,13-16,19-23H2,1-7H3,(H,39,45)(H,40,47)(H,41,44)(H,42,43);1H2/t2*24-,25-,27-,28-,29-,30-,31+,32+;/m11./s1. The van der Waals surface area contributed by atoms with E-state index in [0.717, 1.165) is 114 Å². The van der Waals surface area contributed by atoms with E-state index in [2.05, 4.69) is 42.5 Å². The van der Waals surface area contributed by atoms with Gasteiger partial charge in [0.05, 0.1) is 11.8 Å². The summed E-state index contributed by atoms with van der Waals surface area (Å²) >= 11 is 0. The number of hydrogen-bond donors (Lipinski definition) is 8. The first-order chi connectivity index (χ1) is 46.5. The summed E-state index contributed by atoms with van der Waals surface area (Å²) in [6, 6.07) is 15.2. The summed E-state index contributed by atoms with van der Waals surface area (Å²) in [5, 5.41) is 23.6. The molecule has 0 unspecified atom stereocenters. The number of esters is 2. The van der Waals surface area contributed by atoms with Crippen LogP contribution in [-0.4, -0.2) is 125 Å². The molecule has 23 nitrogen and oxygen atoms in total. The third-order valence-corrected chi connectivity index (χ3v) is 19.9. The van der Waals surface area contributed by atoms with E-state index in [0.29, 0.717) is 25.7 Å². The molecule has 0 spiro atoms. The minimum absolute atomic E-state index is 0. The van der Waals surface area contributed by atoms with Gasteiger partial charge in [0.1, 0.15) is 48.6 Å². The van der Waals surface area contributed by atoms with Crippen LogP contribution in [0.5, 0.6) is 0 Å². The van der Waals surface area contributed by atoms with Crippen molar-refractivity contribution in [1.29, 1.82) is 0 Å². The van der Waals surface area contributed by atoms with Crippen LogP contribution in [0.4, 0.5) is 9.59 Å². The lowest BCUT2D eigenvalue weighted by Gasteiger charge is -2.38. The van der Waals surface area contributed by atoms with Gasteiger partial charge in [-0.1, -0.05) is 140 Å². The first kappa shape index (κ1) is 84.1. The maximum atomic E-state index is 13.7. The van der Waals surface area contributed by atoms with Crippen molar-refractivity contribution >= 4 is 59.6 Å². The van der Waals surface area contributed by atoms with Crippen molar-refractivity contribution in [2.45, 2.75) is 298 Å². The molecule has 0 saturated heterocycles. The minimum atomic E-state index is -0.809. The molecule has 10 N–H and O–H groups in total. The smallest absolute Gasteiger partial charge is 0.408 e. The van der Waals surface area contributed by atoms with Crippen LogP contribution in [0.25, 0.3) is 0 Å². The van der Waals surface area contributed by atoms with E-state index < -0.39 is 59.4 Å². The lowest BCUT2D eigenvalue weighted by Crippen LogP contribution is -2.55. The normalized spacial score (nSPS) is 23.3. The van der Waals surface area contributed by atoms with Gasteiger partial charge in [-0.25, -0.2) is 9.59 Å². The molecule has 8 amide bonds. The molecule has 556 valence electrons. The highest BCUT2D eigenvalue weighted by atomic mass is 16.6. The molecule has 2 aromatic rings. The van der Waals surface area contributed by atoms with E-state index >= 15 is 0 Å². The molecule has 4 aliphatic rings. The van der Waals surface area contributed by atoms with E-state index in [4.69, 9.17) is 18.9 Å². The highest BCUT2D eigenvalue weighted by molar-refractivity contribution is 5.90. The van der Waals surface area contributed by atoms with Gasteiger partial charge in [0, 0.05) is 36.0 Å². The molecule has 0 aromatic heterocycles. The number of rotatable bonds is 28. The second-order valence-electron chi connectivity index (χ2n) is 29.7. The van der Waals surface area contributed by atoms with Crippen LogP contribution in [0.3, 0.4) is 0 Å². The van der Waals surface area contributed by atoms with Crippen molar-refractivity contribution in [3.05, 3.63) is 71.8 Å². The summed E-state index contributed by atoms with van der Waals surface area (Å²) in [4.78, 5) is 131. The molecule has 16 atom stereocenters. The number of nitrogens with one attached hydrogen (secondary N) is 8.